The monoisotopic (exact) mass is 286 g/mol. The van der Waals surface area contributed by atoms with Crippen LogP contribution in [0.2, 0.25) is 0 Å². The zero-order valence-electron chi connectivity index (χ0n) is 13.0. The molecule has 0 fully saturated rings. The van der Waals surface area contributed by atoms with Crippen molar-refractivity contribution in [2.24, 2.45) is 0 Å². The van der Waals surface area contributed by atoms with E-state index in [-0.39, 0.29) is 12.0 Å². The van der Waals surface area contributed by atoms with Crippen LogP contribution in [0.15, 0.2) is 0 Å². The van der Waals surface area contributed by atoms with Crippen LogP contribution in [-0.4, -0.2) is 31.7 Å². The fourth-order valence-corrected chi connectivity index (χ4v) is 1.80. The lowest BCUT2D eigenvalue weighted by atomic mass is 10.1. The van der Waals surface area contributed by atoms with Gasteiger partial charge in [-0.1, -0.05) is 32.6 Å². The van der Waals surface area contributed by atoms with Gasteiger partial charge in [-0.15, -0.1) is 0 Å². The number of unbranched alkanes of at least 4 members (excludes halogenated alkanes) is 5. The summed E-state index contributed by atoms with van der Waals surface area (Å²) < 4.78 is 4.86. The van der Waals surface area contributed by atoms with Crippen LogP contribution in [0, 0.1) is 0 Å². The first-order valence-electron chi connectivity index (χ1n) is 7.88. The quantitative estimate of drug-likeness (QED) is 0.428. The van der Waals surface area contributed by atoms with Gasteiger partial charge in [0.05, 0.1) is 6.61 Å². The zero-order valence-corrected chi connectivity index (χ0v) is 13.0. The molecular formula is C15H30N2O3. The SMILES string of the molecule is CCCCNC(=O)NCCCCCCCC(=O)OCC. The zero-order chi connectivity index (χ0) is 15.1. The van der Waals surface area contributed by atoms with E-state index >= 15 is 0 Å². The highest BCUT2D eigenvalue weighted by Gasteiger charge is 2.01. The van der Waals surface area contributed by atoms with Crippen LogP contribution in [0.4, 0.5) is 4.79 Å². The maximum Gasteiger partial charge on any atom is 0.314 e. The van der Waals surface area contributed by atoms with Crippen LogP contribution in [0.25, 0.3) is 0 Å². The fraction of sp³-hybridized carbons (Fsp3) is 0.867. The number of nitrogens with one attached hydrogen (secondary N) is 2. The van der Waals surface area contributed by atoms with Crippen LogP contribution in [-0.2, 0) is 9.53 Å². The van der Waals surface area contributed by atoms with E-state index in [1.165, 1.54) is 0 Å². The molecule has 20 heavy (non-hydrogen) atoms. The van der Waals surface area contributed by atoms with Crippen LogP contribution in [0.1, 0.15) is 65.2 Å². The van der Waals surface area contributed by atoms with Crippen molar-refractivity contribution in [3.8, 4) is 0 Å². The van der Waals surface area contributed by atoms with Gasteiger partial charge in [0.15, 0.2) is 0 Å². The third-order valence-corrected chi connectivity index (χ3v) is 2.96. The number of carbonyl (C=O) groups is 2. The summed E-state index contributed by atoms with van der Waals surface area (Å²) >= 11 is 0. The first kappa shape index (κ1) is 18.7. The molecule has 0 saturated heterocycles. The molecule has 0 aliphatic heterocycles. The summed E-state index contributed by atoms with van der Waals surface area (Å²) in [6, 6.07) is -0.0687. The summed E-state index contributed by atoms with van der Waals surface area (Å²) in [5, 5.41) is 5.66. The van der Waals surface area contributed by atoms with Crippen molar-refractivity contribution in [3.05, 3.63) is 0 Å². The van der Waals surface area contributed by atoms with E-state index in [9.17, 15) is 9.59 Å². The molecule has 2 amide bonds. The Morgan fingerprint density at radius 3 is 2.10 bits per heavy atom. The van der Waals surface area contributed by atoms with Gasteiger partial charge in [0, 0.05) is 19.5 Å². The van der Waals surface area contributed by atoms with Crippen LogP contribution < -0.4 is 10.6 Å². The highest BCUT2D eigenvalue weighted by molar-refractivity contribution is 5.73. The number of ether oxygens (including phenoxy) is 1. The predicted octanol–water partition coefficient (Wildman–Crippen LogP) is 2.99. The number of urea groups is 1. The molecule has 0 aromatic carbocycles. The average Bonchev–Trinajstić information content (AvgIpc) is 2.42. The predicted molar refractivity (Wildman–Crippen MR) is 80.6 cm³/mol. The smallest absolute Gasteiger partial charge is 0.314 e. The number of hydrogen-bond acceptors (Lipinski definition) is 3. The summed E-state index contributed by atoms with van der Waals surface area (Å²) in [4.78, 5) is 22.4. The first-order valence-corrected chi connectivity index (χ1v) is 7.88. The average molecular weight is 286 g/mol. The molecule has 0 atom stereocenters. The van der Waals surface area contributed by atoms with E-state index in [1.807, 2.05) is 6.92 Å². The normalized spacial score (nSPS) is 10.1. The summed E-state index contributed by atoms with van der Waals surface area (Å²) in [5.41, 5.74) is 0. The molecule has 0 aromatic rings. The second-order valence-corrected chi connectivity index (χ2v) is 4.86. The molecule has 0 aromatic heterocycles. The van der Waals surface area contributed by atoms with Gasteiger partial charge in [0.1, 0.15) is 0 Å². The van der Waals surface area contributed by atoms with Crippen LogP contribution in [0.3, 0.4) is 0 Å². The molecule has 5 nitrogen and oxygen atoms in total. The van der Waals surface area contributed by atoms with E-state index in [2.05, 4.69) is 17.6 Å². The lowest BCUT2D eigenvalue weighted by Gasteiger charge is -2.07. The maximum absolute atomic E-state index is 11.3. The number of rotatable bonds is 12. The molecule has 0 saturated carbocycles. The van der Waals surface area contributed by atoms with Gasteiger partial charge in [0.2, 0.25) is 0 Å². The van der Waals surface area contributed by atoms with E-state index < -0.39 is 0 Å². The van der Waals surface area contributed by atoms with Gasteiger partial charge in [-0.3, -0.25) is 4.79 Å². The Hall–Kier alpha value is -1.26. The van der Waals surface area contributed by atoms with Gasteiger partial charge in [-0.25, -0.2) is 4.79 Å². The molecule has 0 aliphatic rings. The molecule has 0 heterocycles. The standard InChI is InChI=1S/C15H30N2O3/c1-3-5-12-16-15(19)17-13-10-8-6-7-9-11-14(18)20-4-2/h3-13H2,1-2H3,(H2,16,17,19). The van der Waals surface area contributed by atoms with E-state index in [0.717, 1.165) is 58.0 Å². The largest absolute Gasteiger partial charge is 0.466 e. The summed E-state index contributed by atoms with van der Waals surface area (Å²) in [6.45, 7) is 5.85. The highest BCUT2D eigenvalue weighted by atomic mass is 16.5. The molecule has 0 bridgehead atoms. The topological polar surface area (TPSA) is 67.4 Å². The Morgan fingerprint density at radius 1 is 0.850 bits per heavy atom. The van der Waals surface area contributed by atoms with Crippen molar-refractivity contribution in [2.75, 3.05) is 19.7 Å². The number of hydrogen-bond donors (Lipinski definition) is 2. The van der Waals surface area contributed by atoms with Crippen molar-refractivity contribution in [1.29, 1.82) is 0 Å². The second kappa shape index (κ2) is 14.2. The minimum atomic E-state index is -0.0992. The molecule has 0 aliphatic carbocycles. The Bertz CT molecular complexity index is 258. The van der Waals surface area contributed by atoms with Gasteiger partial charge in [-0.2, -0.15) is 0 Å². The van der Waals surface area contributed by atoms with Crippen molar-refractivity contribution < 1.29 is 14.3 Å². The van der Waals surface area contributed by atoms with E-state index in [4.69, 9.17) is 4.74 Å². The summed E-state index contributed by atoms with van der Waals surface area (Å²) in [5.74, 6) is -0.0992. The number of esters is 1. The number of carbonyl (C=O) groups excluding carboxylic acids is 2. The maximum atomic E-state index is 11.3. The molecule has 2 N–H and O–H groups in total. The van der Waals surface area contributed by atoms with Crippen molar-refractivity contribution in [1.82, 2.24) is 10.6 Å². The third kappa shape index (κ3) is 13.2. The lowest BCUT2D eigenvalue weighted by Crippen LogP contribution is -2.36. The molecule has 0 spiro atoms. The summed E-state index contributed by atoms with van der Waals surface area (Å²) in [6.07, 6.45) is 7.73. The molecule has 118 valence electrons. The van der Waals surface area contributed by atoms with Crippen molar-refractivity contribution >= 4 is 12.0 Å². The Kier molecular flexibility index (Phi) is 13.3. The van der Waals surface area contributed by atoms with Crippen LogP contribution >= 0.6 is 0 Å². The van der Waals surface area contributed by atoms with Crippen LogP contribution in [0.5, 0.6) is 0 Å². The molecular weight excluding hydrogens is 256 g/mol. The summed E-state index contributed by atoms with van der Waals surface area (Å²) in [7, 11) is 0. The molecule has 0 unspecified atom stereocenters. The highest BCUT2D eigenvalue weighted by Crippen LogP contribution is 2.05. The Labute approximate surface area is 122 Å². The van der Waals surface area contributed by atoms with E-state index in [0.29, 0.717) is 13.0 Å². The first-order chi connectivity index (χ1) is 9.70. The molecule has 0 radical (unpaired) electrons. The van der Waals surface area contributed by atoms with Crippen molar-refractivity contribution in [2.45, 2.75) is 65.2 Å². The van der Waals surface area contributed by atoms with Crippen molar-refractivity contribution in [3.63, 3.8) is 0 Å². The van der Waals surface area contributed by atoms with Gasteiger partial charge in [0.25, 0.3) is 0 Å². The minimum Gasteiger partial charge on any atom is -0.466 e. The fourth-order valence-electron chi connectivity index (χ4n) is 1.80. The minimum absolute atomic E-state index is 0.0687. The van der Waals surface area contributed by atoms with Gasteiger partial charge >= 0.3 is 12.0 Å². The lowest BCUT2D eigenvalue weighted by molar-refractivity contribution is -0.143. The van der Waals surface area contributed by atoms with E-state index in [1.54, 1.807) is 0 Å². The Morgan fingerprint density at radius 2 is 1.45 bits per heavy atom. The molecule has 5 heteroatoms. The molecule has 0 rings (SSSR count). The number of amides is 2. The Balaban J connectivity index is 3.20. The van der Waals surface area contributed by atoms with Gasteiger partial charge < -0.3 is 15.4 Å². The van der Waals surface area contributed by atoms with Gasteiger partial charge in [-0.05, 0) is 26.2 Å². The second-order valence-electron chi connectivity index (χ2n) is 4.86. The third-order valence-electron chi connectivity index (χ3n) is 2.96.